The van der Waals surface area contributed by atoms with E-state index in [2.05, 4.69) is 4.98 Å². The van der Waals surface area contributed by atoms with Gasteiger partial charge < -0.3 is 15.2 Å². The number of benzene rings is 1. The lowest BCUT2D eigenvalue weighted by Gasteiger charge is -2.24. The van der Waals surface area contributed by atoms with Gasteiger partial charge in [-0.1, -0.05) is 6.42 Å². The maximum atomic E-state index is 13.0. The molecule has 6 nitrogen and oxygen atoms in total. The van der Waals surface area contributed by atoms with E-state index in [1.54, 1.807) is 25.3 Å². The Morgan fingerprint density at radius 3 is 2.74 bits per heavy atom. The third kappa shape index (κ3) is 5.12. The van der Waals surface area contributed by atoms with Crippen molar-refractivity contribution in [2.75, 3.05) is 19.1 Å². The number of halogens is 1. The number of ether oxygens (including phenoxy) is 2. The van der Waals surface area contributed by atoms with E-state index in [-0.39, 0.29) is 30.3 Å². The van der Waals surface area contributed by atoms with E-state index in [1.807, 2.05) is 23.6 Å². The van der Waals surface area contributed by atoms with E-state index < -0.39 is 0 Å². The summed E-state index contributed by atoms with van der Waals surface area (Å²) in [5.41, 5.74) is 7.07. The minimum absolute atomic E-state index is 0. The van der Waals surface area contributed by atoms with E-state index in [1.165, 1.54) is 11.3 Å². The molecule has 3 rings (SSSR count). The molecule has 0 aliphatic heterocycles. The summed E-state index contributed by atoms with van der Waals surface area (Å²) >= 11 is 1.46. The van der Waals surface area contributed by atoms with Gasteiger partial charge in [0, 0.05) is 35.7 Å². The number of nitrogens with two attached hydrogens (primary N) is 1. The van der Waals surface area contributed by atoms with Crippen molar-refractivity contribution in [2.24, 2.45) is 11.7 Å². The fourth-order valence-electron chi connectivity index (χ4n) is 3.42. The summed E-state index contributed by atoms with van der Waals surface area (Å²) in [4.78, 5) is 19.1. The number of thiazole rings is 1. The topological polar surface area (TPSA) is 77.7 Å². The second kappa shape index (κ2) is 9.92. The Morgan fingerprint density at radius 1 is 1.33 bits per heavy atom. The van der Waals surface area contributed by atoms with Crippen LogP contribution in [0.25, 0.3) is 0 Å². The number of nitrogens with zero attached hydrogens (tertiary/aromatic N) is 2. The standard InChI is InChI=1S/C19H25N3O3S.ClH/c1-24-15-7-6-14(17(11-15)25-2)12-22(19-21-8-9-26-19)18(23)10-13-4-3-5-16(13)20;/h6-9,11,13,16H,3-5,10,12,20H2,1-2H3;1H/t13-,16+;/m0./s1. The summed E-state index contributed by atoms with van der Waals surface area (Å²) in [5.74, 6) is 1.72. The number of carbonyl (C=O) groups excluding carboxylic acids is 1. The average Bonchev–Trinajstić information content (AvgIpc) is 3.32. The van der Waals surface area contributed by atoms with E-state index in [0.717, 1.165) is 30.6 Å². The summed E-state index contributed by atoms with van der Waals surface area (Å²) < 4.78 is 10.7. The van der Waals surface area contributed by atoms with Crippen molar-refractivity contribution < 1.29 is 14.3 Å². The van der Waals surface area contributed by atoms with E-state index in [4.69, 9.17) is 15.2 Å². The highest BCUT2D eigenvalue weighted by molar-refractivity contribution is 7.13. The molecule has 2 aromatic rings. The molecule has 1 aromatic carbocycles. The molecule has 1 aromatic heterocycles. The second-order valence-corrected chi connectivity index (χ2v) is 7.40. The van der Waals surface area contributed by atoms with Crippen molar-refractivity contribution in [2.45, 2.75) is 38.3 Å². The van der Waals surface area contributed by atoms with Crippen LogP contribution in [0.15, 0.2) is 29.8 Å². The Kier molecular flexibility index (Phi) is 7.89. The maximum Gasteiger partial charge on any atom is 0.229 e. The number of anilines is 1. The zero-order valence-electron chi connectivity index (χ0n) is 15.6. The molecule has 0 saturated heterocycles. The van der Waals surface area contributed by atoms with Gasteiger partial charge in [0.1, 0.15) is 11.5 Å². The van der Waals surface area contributed by atoms with E-state index in [9.17, 15) is 4.79 Å². The van der Waals surface area contributed by atoms with Crippen LogP contribution in [0.3, 0.4) is 0 Å². The van der Waals surface area contributed by atoms with Gasteiger partial charge >= 0.3 is 0 Å². The van der Waals surface area contributed by atoms with Gasteiger partial charge in [0.25, 0.3) is 0 Å². The molecule has 1 fully saturated rings. The normalized spacial score (nSPS) is 18.6. The van der Waals surface area contributed by atoms with Gasteiger partial charge in [-0.25, -0.2) is 4.98 Å². The fraction of sp³-hybridized carbons (Fsp3) is 0.474. The van der Waals surface area contributed by atoms with Gasteiger partial charge in [-0.05, 0) is 30.9 Å². The largest absolute Gasteiger partial charge is 0.497 e. The molecule has 0 unspecified atom stereocenters. The Morgan fingerprint density at radius 2 is 2.15 bits per heavy atom. The molecule has 1 heterocycles. The van der Waals surface area contributed by atoms with Crippen molar-refractivity contribution in [1.29, 1.82) is 0 Å². The predicted molar refractivity (Wildman–Crippen MR) is 110 cm³/mol. The van der Waals surface area contributed by atoms with Crippen molar-refractivity contribution in [1.82, 2.24) is 4.98 Å². The SMILES string of the molecule is COc1ccc(CN(C(=O)C[C@@H]2CCC[C@H]2N)c2nccs2)c(OC)c1.Cl. The first-order chi connectivity index (χ1) is 12.6. The first-order valence-electron chi connectivity index (χ1n) is 8.78. The van der Waals surface area contributed by atoms with Crippen LogP contribution < -0.4 is 20.1 Å². The average molecular weight is 412 g/mol. The molecule has 1 aliphatic carbocycles. The van der Waals surface area contributed by atoms with Crippen LogP contribution in [0.4, 0.5) is 5.13 Å². The zero-order chi connectivity index (χ0) is 18.5. The van der Waals surface area contributed by atoms with E-state index >= 15 is 0 Å². The summed E-state index contributed by atoms with van der Waals surface area (Å²) in [6, 6.07) is 5.74. The summed E-state index contributed by atoms with van der Waals surface area (Å²) in [5, 5.41) is 2.57. The molecule has 1 aliphatic rings. The highest BCUT2D eigenvalue weighted by Crippen LogP contribution is 2.31. The molecule has 27 heavy (non-hydrogen) atoms. The third-order valence-electron chi connectivity index (χ3n) is 4.93. The quantitative estimate of drug-likeness (QED) is 0.752. The number of hydrogen-bond acceptors (Lipinski definition) is 6. The summed E-state index contributed by atoms with van der Waals surface area (Å²) in [7, 11) is 3.23. The first kappa shape index (κ1) is 21.5. The monoisotopic (exact) mass is 411 g/mol. The van der Waals surface area contributed by atoms with Crippen molar-refractivity contribution >= 4 is 34.8 Å². The number of rotatable bonds is 7. The third-order valence-corrected chi connectivity index (χ3v) is 5.72. The number of methoxy groups -OCH3 is 2. The van der Waals surface area contributed by atoms with Crippen LogP contribution in [0.2, 0.25) is 0 Å². The van der Waals surface area contributed by atoms with Gasteiger partial charge in [0.2, 0.25) is 5.91 Å². The highest BCUT2D eigenvalue weighted by atomic mass is 35.5. The number of aromatic nitrogens is 1. The number of carbonyl (C=O) groups is 1. The zero-order valence-corrected chi connectivity index (χ0v) is 17.2. The Hall–Kier alpha value is -1.83. The van der Waals surface area contributed by atoms with Gasteiger partial charge in [-0.2, -0.15) is 0 Å². The Bertz CT molecular complexity index is 742. The minimum Gasteiger partial charge on any atom is -0.497 e. The Balaban J connectivity index is 0.00000261. The van der Waals surface area contributed by atoms with Gasteiger partial charge in [0.05, 0.1) is 20.8 Å². The van der Waals surface area contributed by atoms with Crippen LogP contribution in [-0.2, 0) is 11.3 Å². The van der Waals surface area contributed by atoms with Crippen LogP contribution in [0.1, 0.15) is 31.2 Å². The molecule has 0 spiro atoms. The lowest BCUT2D eigenvalue weighted by molar-refractivity contribution is -0.119. The lowest BCUT2D eigenvalue weighted by atomic mass is 9.99. The van der Waals surface area contributed by atoms with Gasteiger partial charge in [-0.15, -0.1) is 23.7 Å². The molecule has 2 N–H and O–H groups in total. The molecule has 8 heteroatoms. The fourth-order valence-corrected chi connectivity index (χ4v) is 4.08. The summed E-state index contributed by atoms with van der Waals surface area (Å²) in [6.45, 7) is 0.404. The minimum atomic E-state index is 0. The van der Waals surface area contributed by atoms with Crippen LogP contribution in [0.5, 0.6) is 11.5 Å². The van der Waals surface area contributed by atoms with Gasteiger partial charge in [-0.3, -0.25) is 9.69 Å². The van der Waals surface area contributed by atoms with Crippen LogP contribution >= 0.6 is 23.7 Å². The number of hydrogen-bond donors (Lipinski definition) is 1. The van der Waals surface area contributed by atoms with Gasteiger partial charge in [0.15, 0.2) is 5.13 Å². The smallest absolute Gasteiger partial charge is 0.229 e. The molecule has 148 valence electrons. The first-order valence-corrected chi connectivity index (χ1v) is 9.66. The van der Waals surface area contributed by atoms with Crippen LogP contribution in [-0.4, -0.2) is 31.2 Å². The number of amides is 1. The van der Waals surface area contributed by atoms with E-state index in [0.29, 0.717) is 23.8 Å². The van der Waals surface area contributed by atoms with Crippen molar-refractivity contribution in [3.05, 3.63) is 35.3 Å². The molecule has 1 amide bonds. The van der Waals surface area contributed by atoms with Crippen LogP contribution in [0, 0.1) is 5.92 Å². The molecule has 0 radical (unpaired) electrons. The highest BCUT2D eigenvalue weighted by Gasteiger charge is 2.29. The molecular weight excluding hydrogens is 386 g/mol. The Labute approximate surface area is 170 Å². The molecule has 2 atom stereocenters. The second-order valence-electron chi connectivity index (χ2n) is 6.53. The molecule has 1 saturated carbocycles. The maximum absolute atomic E-state index is 13.0. The van der Waals surface area contributed by atoms with Crippen molar-refractivity contribution in [3.63, 3.8) is 0 Å². The molecule has 0 bridgehead atoms. The molecular formula is C19H26ClN3O3S. The predicted octanol–water partition coefficient (Wildman–Crippen LogP) is 3.63. The summed E-state index contributed by atoms with van der Waals surface area (Å²) in [6.07, 6.45) is 5.29. The van der Waals surface area contributed by atoms with Crippen molar-refractivity contribution in [3.8, 4) is 11.5 Å². The lowest BCUT2D eigenvalue weighted by Crippen LogP contribution is -2.35.